The van der Waals surface area contributed by atoms with Gasteiger partial charge in [0.1, 0.15) is 5.76 Å². The van der Waals surface area contributed by atoms with Crippen LogP contribution in [0, 0.1) is 6.92 Å². The monoisotopic (exact) mass is 257 g/mol. The molecule has 0 saturated carbocycles. The summed E-state index contributed by atoms with van der Waals surface area (Å²) in [4.78, 5) is 14.1. The molecule has 0 spiro atoms. The molecular weight excluding hydrogens is 242 g/mol. The predicted octanol–water partition coefficient (Wildman–Crippen LogP) is 2.97. The second kappa shape index (κ2) is 4.42. The Bertz CT molecular complexity index is 621. The summed E-state index contributed by atoms with van der Waals surface area (Å²) in [6.07, 6.45) is 0.876. The van der Waals surface area contributed by atoms with Gasteiger partial charge in [-0.2, -0.15) is 0 Å². The van der Waals surface area contributed by atoms with Crippen LogP contribution in [0.4, 0.5) is 16.3 Å². The van der Waals surface area contributed by atoms with Crippen LogP contribution in [0.25, 0.3) is 0 Å². The number of carbonyl (C=O) groups excluding carboxylic acids is 1. The fraction of sp³-hybridized carbons (Fsp3) is 0.286. The molecule has 1 aliphatic rings. The third kappa shape index (κ3) is 2.07. The molecule has 1 N–H and O–H groups in total. The van der Waals surface area contributed by atoms with Crippen molar-refractivity contribution in [2.24, 2.45) is 0 Å². The number of aryl methyl sites for hydroxylation is 1. The number of nitrogens with zero attached hydrogens (tertiary/aromatic N) is 2. The van der Waals surface area contributed by atoms with Crippen LogP contribution in [0.2, 0.25) is 0 Å². The van der Waals surface area contributed by atoms with Crippen molar-refractivity contribution in [2.45, 2.75) is 26.3 Å². The minimum atomic E-state index is -0.175. The third-order valence-electron chi connectivity index (χ3n) is 3.29. The molecule has 1 aliphatic heterocycles. The average Bonchev–Trinajstić information content (AvgIpc) is 2.91. The van der Waals surface area contributed by atoms with E-state index in [4.69, 9.17) is 4.52 Å². The van der Waals surface area contributed by atoms with E-state index in [1.165, 1.54) is 5.56 Å². The first-order valence-corrected chi connectivity index (χ1v) is 6.26. The van der Waals surface area contributed by atoms with Gasteiger partial charge in [-0.3, -0.25) is 10.2 Å². The van der Waals surface area contributed by atoms with E-state index in [0.717, 1.165) is 12.1 Å². The van der Waals surface area contributed by atoms with Gasteiger partial charge in [0.2, 0.25) is 0 Å². The van der Waals surface area contributed by atoms with Gasteiger partial charge in [-0.15, -0.1) is 0 Å². The summed E-state index contributed by atoms with van der Waals surface area (Å²) in [5, 5.41) is 6.53. The van der Waals surface area contributed by atoms with E-state index < -0.39 is 0 Å². The lowest BCUT2D eigenvalue weighted by atomic mass is 10.1. The Morgan fingerprint density at radius 2 is 2.26 bits per heavy atom. The molecule has 0 bridgehead atoms. The van der Waals surface area contributed by atoms with Gasteiger partial charge in [0.05, 0.1) is 0 Å². The van der Waals surface area contributed by atoms with Gasteiger partial charge in [-0.1, -0.05) is 23.4 Å². The molecule has 1 atom stereocenters. The molecule has 2 amide bonds. The van der Waals surface area contributed by atoms with E-state index in [1.54, 1.807) is 17.9 Å². The first-order chi connectivity index (χ1) is 9.15. The number of para-hydroxylation sites is 1. The highest BCUT2D eigenvalue weighted by Crippen LogP contribution is 2.32. The maximum Gasteiger partial charge on any atom is 0.327 e. The lowest BCUT2D eigenvalue weighted by Crippen LogP contribution is -2.39. The lowest BCUT2D eigenvalue weighted by Gasteiger charge is -2.22. The fourth-order valence-electron chi connectivity index (χ4n) is 2.47. The Hall–Kier alpha value is -2.30. The Labute approximate surface area is 111 Å². The highest BCUT2D eigenvalue weighted by Gasteiger charge is 2.30. The van der Waals surface area contributed by atoms with E-state index in [2.05, 4.69) is 16.5 Å². The SMILES string of the molecule is Cc1cc(NC(=O)N2c3ccccc3CC2C)no1. The van der Waals surface area contributed by atoms with E-state index in [9.17, 15) is 4.79 Å². The number of benzene rings is 1. The van der Waals surface area contributed by atoms with Gasteiger partial charge in [0.15, 0.2) is 5.82 Å². The minimum Gasteiger partial charge on any atom is -0.360 e. The summed E-state index contributed by atoms with van der Waals surface area (Å²) in [5.74, 6) is 1.12. The molecule has 0 aliphatic carbocycles. The fourth-order valence-corrected chi connectivity index (χ4v) is 2.47. The minimum absolute atomic E-state index is 0.144. The second-order valence-electron chi connectivity index (χ2n) is 4.80. The van der Waals surface area contributed by atoms with Crippen molar-refractivity contribution >= 4 is 17.5 Å². The Kier molecular flexibility index (Phi) is 2.74. The summed E-state index contributed by atoms with van der Waals surface area (Å²) < 4.78 is 4.94. The van der Waals surface area contributed by atoms with Gasteiger partial charge in [0, 0.05) is 17.8 Å². The van der Waals surface area contributed by atoms with Crippen LogP contribution in [-0.4, -0.2) is 17.2 Å². The summed E-state index contributed by atoms with van der Waals surface area (Å²) in [5.41, 5.74) is 2.16. The molecule has 19 heavy (non-hydrogen) atoms. The first-order valence-electron chi connectivity index (χ1n) is 6.26. The summed E-state index contributed by atoms with van der Waals surface area (Å²) in [7, 11) is 0. The number of amides is 2. The van der Waals surface area contributed by atoms with Crippen molar-refractivity contribution in [3.05, 3.63) is 41.7 Å². The van der Waals surface area contributed by atoms with Crippen LogP contribution < -0.4 is 10.2 Å². The van der Waals surface area contributed by atoms with Gasteiger partial charge >= 0.3 is 6.03 Å². The molecule has 3 rings (SSSR count). The molecule has 1 aromatic heterocycles. The smallest absolute Gasteiger partial charge is 0.327 e. The highest BCUT2D eigenvalue weighted by atomic mass is 16.5. The summed E-state index contributed by atoms with van der Waals surface area (Å²) in [6.45, 7) is 3.82. The number of anilines is 2. The van der Waals surface area contributed by atoms with E-state index in [0.29, 0.717) is 11.6 Å². The Balaban J connectivity index is 1.84. The van der Waals surface area contributed by atoms with Crippen molar-refractivity contribution in [1.82, 2.24) is 5.16 Å². The molecule has 1 aromatic carbocycles. The van der Waals surface area contributed by atoms with Crippen LogP contribution in [0.5, 0.6) is 0 Å². The van der Waals surface area contributed by atoms with Crippen LogP contribution in [-0.2, 0) is 6.42 Å². The Morgan fingerprint density at radius 3 is 3.00 bits per heavy atom. The van der Waals surface area contributed by atoms with Gasteiger partial charge < -0.3 is 4.52 Å². The van der Waals surface area contributed by atoms with Crippen LogP contribution in [0.3, 0.4) is 0 Å². The zero-order chi connectivity index (χ0) is 13.4. The number of carbonyl (C=O) groups is 1. The van der Waals surface area contributed by atoms with Crippen molar-refractivity contribution in [1.29, 1.82) is 0 Å². The van der Waals surface area contributed by atoms with E-state index in [1.807, 2.05) is 25.1 Å². The maximum absolute atomic E-state index is 12.3. The van der Waals surface area contributed by atoms with Crippen molar-refractivity contribution in [3.63, 3.8) is 0 Å². The number of hydrogen-bond acceptors (Lipinski definition) is 3. The molecule has 1 unspecified atom stereocenters. The van der Waals surface area contributed by atoms with Crippen molar-refractivity contribution in [3.8, 4) is 0 Å². The molecule has 5 heteroatoms. The number of fused-ring (bicyclic) bond motifs is 1. The zero-order valence-corrected chi connectivity index (χ0v) is 10.9. The summed E-state index contributed by atoms with van der Waals surface area (Å²) in [6, 6.07) is 9.62. The molecule has 0 saturated heterocycles. The molecule has 0 radical (unpaired) electrons. The Morgan fingerprint density at radius 1 is 1.47 bits per heavy atom. The van der Waals surface area contributed by atoms with Gasteiger partial charge in [0.25, 0.3) is 0 Å². The van der Waals surface area contributed by atoms with Crippen LogP contribution in [0.1, 0.15) is 18.2 Å². The molecule has 2 aromatic rings. The number of nitrogens with one attached hydrogen (secondary N) is 1. The zero-order valence-electron chi connectivity index (χ0n) is 10.9. The lowest BCUT2D eigenvalue weighted by molar-refractivity contribution is 0.255. The van der Waals surface area contributed by atoms with Crippen molar-refractivity contribution < 1.29 is 9.32 Å². The molecular formula is C14H15N3O2. The summed E-state index contributed by atoms with van der Waals surface area (Å²) >= 11 is 0. The number of hydrogen-bond donors (Lipinski definition) is 1. The van der Waals surface area contributed by atoms with E-state index >= 15 is 0 Å². The first kappa shape index (κ1) is 11.8. The number of rotatable bonds is 1. The van der Waals surface area contributed by atoms with E-state index in [-0.39, 0.29) is 12.1 Å². The highest BCUT2D eigenvalue weighted by molar-refractivity contribution is 6.03. The molecule has 5 nitrogen and oxygen atoms in total. The van der Waals surface area contributed by atoms with Gasteiger partial charge in [-0.25, -0.2) is 4.79 Å². The van der Waals surface area contributed by atoms with Crippen LogP contribution in [0.15, 0.2) is 34.9 Å². The standard InChI is InChI=1S/C14H15N3O2/c1-9-7-11-5-3-4-6-12(11)17(9)14(18)15-13-8-10(2)19-16-13/h3-6,8-9H,7H2,1-2H3,(H,15,16,18). The molecule has 0 fully saturated rings. The topological polar surface area (TPSA) is 58.4 Å². The average molecular weight is 257 g/mol. The maximum atomic E-state index is 12.3. The number of aromatic nitrogens is 1. The number of urea groups is 1. The molecule has 98 valence electrons. The van der Waals surface area contributed by atoms with Crippen molar-refractivity contribution in [2.75, 3.05) is 10.2 Å². The largest absolute Gasteiger partial charge is 0.360 e. The second-order valence-corrected chi connectivity index (χ2v) is 4.80. The predicted molar refractivity (Wildman–Crippen MR) is 72.3 cm³/mol. The molecule has 2 heterocycles. The quantitative estimate of drug-likeness (QED) is 0.854. The van der Waals surface area contributed by atoms with Gasteiger partial charge in [-0.05, 0) is 31.9 Å². The normalized spacial score (nSPS) is 17.4. The van der Waals surface area contributed by atoms with Crippen LogP contribution >= 0.6 is 0 Å². The third-order valence-corrected chi connectivity index (χ3v) is 3.29.